The molecule has 0 unspecified atom stereocenters. The summed E-state index contributed by atoms with van der Waals surface area (Å²) in [6, 6.07) is 16.5. The Morgan fingerprint density at radius 3 is 2.76 bits per heavy atom. The monoisotopic (exact) mass is 347 g/mol. The normalized spacial score (nSPS) is 14.0. The van der Waals surface area contributed by atoms with Crippen molar-refractivity contribution in [3.8, 4) is 5.69 Å². The van der Waals surface area contributed by atoms with Crippen LogP contribution < -0.4 is 4.90 Å². The largest absolute Gasteiger partial charge is 0.342 e. The van der Waals surface area contributed by atoms with E-state index in [1.165, 1.54) is 16.0 Å². The Morgan fingerprint density at radius 1 is 1.04 bits per heavy atom. The van der Waals surface area contributed by atoms with Gasteiger partial charge in [-0.1, -0.05) is 46.9 Å². The molecule has 0 saturated carbocycles. The number of hydrogen-bond donors (Lipinski definition) is 0. The molecule has 0 atom stereocenters. The van der Waals surface area contributed by atoms with E-state index >= 15 is 0 Å². The number of fused-ring (bicyclic) bond motifs is 2. The van der Waals surface area contributed by atoms with E-state index in [0.717, 1.165) is 41.5 Å². The van der Waals surface area contributed by atoms with Crippen LogP contribution in [0.3, 0.4) is 0 Å². The van der Waals surface area contributed by atoms with Crippen LogP contribution in [0.5, 0.6) is 0 Å². The number of rotatable bonds is 2. The van der Waals surface area contributed by atoms with Crippen molar-refractivity contribution in [1.29, 1.82) is 0 Å². The number of thiazole rings is 1. The number of hydrogen-bond acceptors (Lipinski definition) is 5. The Balaban J connectivity index is 1.48. The number of aromatic nitrogens is 4. The maximum Gasteiger partial charge on any atom is 0.186 e. The minimum absolute atomic E-state index is 0.765. The Bertz CT molecular complexity index is 1050. The fourth-order valence-electron chi connectivity index (χ4n) is 3.36. The topological polar surface area (TPSA) is 46.8 Å². The lowest BCUT2D eigenvalue weighted by molar-refractivity contribution is 0.691. The molecule has 0 N–H and O–H groups in total. The first-order valence-electron chi connectivity index (χ1n) is 8.39. The molecule has 0 radical (unpaired) electrons. The van der Waals surface area contributed by atoms with Gasteiger partial charge >= 0.3 is 0 Å². The first-order valence-corrected chi connectivity index (χ1v) is 9.21. The molecule has 4 aromatic rings. The third-order valence-electron chi connectivity index (χ3n) is 4.67. The molecular formula is C19H17N5S. The maximum atomic E-state index is 4.82. The number of anilines is 1. The van der Waals surface area contributed by atoms with Crippen molar-refractivity contribution in [2.75, 3.05) is 11.4 Å². The third kappa shape index (κ3) is 2.41. The van der Waals surface area contributed by atoms with Gasteiger partial charge in [-0.3, -0.25) is 0 Å². The van der Waals surface area contributed by atoms with Gasteiger partial charge in [0.1, 0.15) is 5.69 Å². The summed E-state index contributed by atoms with van der Waals surface area (Å²) in [5.74, 6) is 0. The number of benzene rings is 2. The second-order valence-corrected chi connectivity index (χ2v) is 7.30. The average molecular weight is 347 g/mol. The molecule has 0 fully saturated rings. The van der Waals surface area contributed by atoms with Crippen LogP contribution in [0, 0.1) is 6.92 Å². The van der Waals surface area contributed by atoms with Gasteiger partial charge in [-0.05, 0) is 30.7 Å². The van der Waals surface area contributed by atoms with E-state index in [4.69, 9.17) is 4.98 Å². The van der Waals surface area contributed by atoms with Gasteiger partial charge in [0, 0.05) is 13.0 Å². The molecule has 1 aliphatic rings. The zero-order valence-corrected chi connectivity index (χ0v) is 14.7. The molecule has 5 rings (SSSR count). The Labute approximate surface area is 149 Å². The summed E-state index contributed by atoms with van der Waals surface area (Å²) >= 11 is 1.77. The van der Waals surface area contributed by atoms with E-state index in [2.05, 4.69) is 52.5 Å². The zero-order chi connectivity index (χ0) is 16.8. The fraction of sp³-hybridized carbons (Fsp3) is 0.211. The number of para-hydroxylation sites is 1. The SMILES string of the molecule is Cc1cccc2nc(N3CCc4c(nnn4-c4ccccc4)C3)sc12. The quantitative estimate of drug-likeness (QED) is 0.554. The molecule has 0 spiro atoms. The predicted molar refractivity (Wildman–Crippen MR) is 100 cm³/mol. The second-order valence-electron chi connectivity index (χ2n) is 6.32. The minimum atomic E-state index is 0.765. The van der Waals surface area contributed by atoms with Gasteiger partial charge in [0.15, 0.2) is 5.13 Å². The molecule has 0 saturated heterocycles. The number of nitrogens with zero attached hydrogens (tertiary/aromatic N) is 5. The lowest BCUT2D eigenvalue weighted by Crippen LogP contribution is -2.31. The van der Waals surface area contributed by atoms with E-state index in [1.807, 2.05) is 22.9 Å². The predicted octanol–water partition coefficient (Wildman–Crippen LogP) is 3.75. The van der Waals surface area contributed by atoms with Crippen LogP contribution in [0.15, 0.2) is 48.5 Å². The Kier molecular flexibility index (Phi) is 3.31. The van der Waals surface area contributed by atoms with Gasteiger partial charge < -0.3 is 4.90 Å². The first-order chi connectivity index (χ1) is 12.3. The molecule has 1 aliphatic heterocycles. The highest BCUT2D eigenvalue weighted by atomic mass is 32.1. The molecule has 0 bridgehead atoms. The third-order valence-corrected chi connectivity index (χ3v) is 5.94. The van der Waals surface area contributed by atoms with Crippen LogP contribution in [0.25, 0.3) is 15.9 Å². The van der Waals surface area contributed by atoms with Gasteiger partial charge in [0.25, 0.3) is 0 Å². The highest BCUT2D eigenvalue weighted by Gasteiger charge is 2.24. The van der Waals surface area contributed by atoms with Crippen LogP contribution in [0.4, 0.5) is 5.13 Å². The Morgan fingerprint density at radius 2 is 1.92 bits per heavy atom. The smallest absolute Gasteiger partial charge is 0.186 e. The summed E-state index contributed by atoms with van der Waals surface area (Å²) in [7, 11) is 0. The summed E-state index contributed by atoms with van der Waals surface area (Å²) in [5, 5.41) is 9.88. The average Bonchev–Trinajstić information content (AvgIpc) is 3.27. The molecule has 25 heavy (non-hydrogen) atoms. The minimum Gasteiger partial charge on any atom is -0.342 e. The first kappa shape index (κ1) is 14.6. The lowest BCUT2D eigenvalue weighted by atomic mass is 10.1. The van der Waals surface area contributed by atoms with Crippen LogP contribution >= 0.6 is 11.3 Å². The molecule has 124 valence electrons. The standard InChI is InChI=1S/C19H17N5S/c1-13-6-5-9-15-18(13)25-19(20-15)23-11-10-17-16(12-23)21-22-24(17)14-7-3-2-4-8-14/h2-9H,10-12H2,1H3. The molecule has 2 aromatic carbocycles. The summed E-state index contributed by atoms with van der Waals surface area (Å²) in [6.07, 6.45) is 0.923. The van der Waals surface area contributed by atoms with Gasteiger partial charge in [0.05, 0.1) is 28.1 Å². The van der Waals surface area contributed by atoms with Crippen molar-refractivity contribution in [2.45, 2.75) is 19.9 Å². The van der Waals surface area contributed by atoms with Crippen LogP contribution in [-0.4, -0.2) is 26.5 Å². The molecule has 5 nitrogen and oxygen atoms in total. The highest BCUT2D eigenvalue weighted by Crippen LogP contribution is 2.33. The summed E-state index contributed by atoms with van der Waals surface area (Å²) in [5.41, 5.74) is 5.69. The Hall–Kier alpha value is -2.73. The van der Waals surface area contributed by atoms with Crippen LogP contribution in [0.1, 0.15) is 17.0 Å². The van der Waals surface area contributed by atoms with E-state index in [9.17, 15) is 0 Å². The van der Waals surface area contributed by atoms with Crippen LogP contribution in [0.2, 0.25) is 0 Å². The molecule has 0 amide bonds. The maximum absolute atomic E-state index is 4.82. The van der Waals surface area contributed by atoms with Gasteiger partial charge in [0.2, 0.25) is 0 Å². The molecule has 2 aromatic heterocycles. The molecular weight excluding hydrogens is 330 g/mol. The van der Waals surface area contributed by atoms with Crippen molar-refractivity contribution in [3.63, 3.8) is 0 Å². The van der Waals surface area contributed by atoms with E-state index < -0.39 is 0 Å². The van der Waals surface area contributed by atoms with E-state index in [-0.39, 0.29) is 0 Å². The zero-order valence-electron chi connectivity index (χ0n) is 13.9. The van der Waals surface area contributed by atoms with Crippen molar-refractivity contribution in [3.05, 3.63) is 65.5 Å². The van der Waals surface area contributed by atoms with Gasteiger partial charge in [-0.15, -0.1) is 5.10 Å². The van der Waals surface area contributed by atoms with Crippen LogP contribution in [-0.2, 0) is 13.0 Å². The van der Waals surface area contributed by atoms with Crippen molar-refractivity contribution < 1.29 is 0 Å². The van der Waals surface area contributed by atoms with Gasteiger partial charge in [-0.2, -0.15) is 0 Å². The van der Waals surface area contributed by atoms with Crippen molar-refractivity contribution in [1.82, 2.24) is 20.0 Å². The van der Waals surface area contributed by atoms with Gasteiger partial charge in [-0.25, -0.2) is 9.67 Å². The van der Waals surface area contributed by atoms with Crippen molar-refractivity contribution >= 4 is 26.7 Å². The molecule has 0 aliphatic carbocycles. The summed E-state index contributed by atoms with van der Waals surface area (Å²) < 4.78 is 3.24. The number of aryl methyl sites for hydroxylation is 1. The fourth-order valence-corrected chi connectivity index (χ4v) is 4.42. The van der Waals surface area contributed by atoms with Crippen molar-refractivity contribution in [2.24, 2.45) is 0 Å². The highest BCUT2D eigenvalue weighted by molar-refractivity contribution is 7.22. The van der Waals surface area contributed by atoms with E-state index in [0.29, 0.717) is 0 Å². The van der Waals surface area contributed by atoms with E-state index in [1.54, 1.807) is 11.3 Å². The lowest BCUT2D eigenvalue weighted by Gasteiger charge is -2.25. The molecule has 3 heterocycles. The summed E-state index contributed by atoms with van der Waals surface area (Å²) in [4.78, 5) is 7.14. The molecule has 6 heteroatoms. The summed E-state index contributed by atoms with van der Waals surface area (Å²) in [6.45, 7) is 3.84. The second kappa shape index (κ2) is 5.67.